The lowest BCUT2D eigenvalue weighted by atomic mass is 9.43. The second-order valence-corrected chi connectivity index (χ2v) is 15.8. The average molecular weight is 733 g/mol. The topological polar surface area (TPSA) is 161 Å². The van der Waals surface area contributed by atoms with E-state index in [1.807, 2.05) is 20.8 Å². The molecule has 10 atom stereocenters. The third kappa shape index (κ3) is 6.23. The Morgan fingerprint density at radius 3 is 1.77 bits per heavy atom. The van der Waals surface area contributed by atoms with E-state index >= 15 is 0 Å². The highest BCUT2D eigenvalue weighted by atomic mass is 16.6. The van der Waals surface area contributed by atoms with Crippen molar-refractivity contribution in [3.8, 4) is 0 Å². The molecule has 2 aromatic carbocycles. The van der Waals surface area contributed by atoms with Crippen LogP contribution < -0.4 is 0 Å². The minimum absolute atomic E-state index is 0.196. The maximum Gasteiger partial charge on any atom is 0.338 e. The van der Waals surface area contributed by atoms with Crippen LogP contribution in [0.25, 0.3) is 0 Å². The first-order valence-electron chi connectivity index (χ1n) is 17.9. The SMILES string of the molecule is CC(=O)O[C@H]1C[C@]2(C)[C@@H]3OC[C@]4(O)[C@@H](OC(C)=O)C[C@@H](OC(=O)c5ccccc5)[C@](C)([C@@H](OC(=O)c5ccccc5)[C@@H](OC(C)=O)C(=C1C)C2(C)C)[C@@H]34. The molecule has 1 N–H and O–H groups in total. The number of benzene rings is 2. The zero-order chi connectivity index (χ0) is 38.7. The Bertz CT molecular complexity index is 1820. The second kappa shape index (κ2) is 13.7. The van der Waals surface area contributed by atoms with Crippen LogP contribution in [0.2, 0.25) is 0 Å². The van der Waals surface area contributed by atoms with Crippen LogP contribution in [0.15, 0.2) is 71.8 Å². The number of ether oxygens (including phenoxy) is 6. The summed E-state index contributed by atoms with van der Waals surface area (Å²) < 4.78 is 37.7. The van der Waals surface area contributed by atoms with Crippen molar-refractivity contribution in [2.75, 3.05) is 6.61 Å². The van der Waals surface area contributed by atoms with E-state index in [1.165, 1.54) is 20.8 Å². The predicted octanol–water partition coefficient (Wildman–Crippen LogP) is 5.16. The number of esters is 5. The molecule has 12 nitrogen and oxygen atoms in total. The van der Waals surface area contributed by atoms with E-state index in [0.717, 1.165) is 0 Å². The standard InChI is InChI=1S/C41H48O12/c1-22-28(49-23(2)42)20-39(7)35-33-40(8,34(53-37(46)27-17-13-10-14-18-27)32(51-25(4)44)31(22)38(39,5)6)29(52-36(45)26-15-11-9-12-16-26)19-30(50-24(3)43)41(33,47)21-48-35/h9-18,28-30,32-35,47H,19-21H2,1-8H3/t28-,29+,30-,32-,33+,34-,35+,39+,40-,41-/m0/s1. The highest BCUT2D eigenvalue weighted by molar-refractivity contribution is 5.90. The molecule has 12 heteroatoms. The zero-order valence-electron chi connectivity index (χ0n) is 31.4. The minimum Gasteiger partial charge on any atom is -0.459 e. The molecule has 0 amide bonds. The second-order valence-electron chi connectivity index (χ2n) is 15.8. The first-order valence-corrected chi connectivity index (χ1v) is 17.9. The van der Waals surface area contributed by atoms with Crippen molar-refractivity contribution in [3.05, 3.63) is 82.9 Å². The van der Waals surface area contributed by atoms with Gasteiger partial charge in [0, 0.05) is 38.5 Å². The Morgan fingerprint density at radius 2 is 1.25 bits per heavy atom. The molecule has 0 radical (unpaired) electrons. The molecule has 284 valence electrons. The van der Waals surface area contributed by atoms with Gasteiger partial charge in [0.15, 0.2) is 12.2 Å². The molecule has 3 aliphatic carbocycles. The van der Waals surface area contributed by atoms with E-state index in [4.69, 9.17) is 28.4 Å². The van der Waals surface area contributed by atoms with Gasteiger partial charge >= 0.3 is 29.8 Å². The molecule has 2 aromatic rings. The first kappa shape index (κ1) is 38.2. The fourth-order valence-electron chi connectivity index (χ4n) is 9.76. The lowest BCUT2D eigenvalue weighted by Gasteiger charge is -2.65. The fraction of sp³-hybridized carbons (Fsp3) is 0.537. The maximum atomic E-state index is 14.2. The molecule has 0 unspecified atom stereocenters. The minimum atomic E-state index is -1.90. The molecule has 2 saturated carbocycles. The first-order chi connectivity index (χ1) is 24.9. The van der Waals surface area contributed by atoms with E-state index in [9.17, 15) is 29.1 Å². The number of rotatable bonds is 7. The van der Waals surface area contributed by atoms with Crippen LogP contribution in [0.1, 0.15) is 88.9 Å². The van der Waals surface area contributed by atoms with Gasteiger partial charge in [0.05, 0.1) is 29.3 Å². The van der Waals surface area contributed by atoms with Crippen LogP contribution in [0.5, 0.6) is 0 Å². The quantitative estimate of drug-likeness (QED) is 0.227. The van der Waals surface area contributed by atoms with Gasteiger partial charge in [-0.1, -0.05) is 64.1 Å². The number of carbonyl (C=O) groups is 5. The molecular formula is C41H48O12. The summed E-state index contributed by atoms with van der Waals surface area (Å²) >= 11 is 0. The molecule has 6 rings (SSSR count). The molecule has 1 aliphatic heterocycles. The summed E-state index contributed by atoms with van der Waals surface area (Å²) in [4.78, 5) is 66.6. The van der Waals surface area contributed by atoms with Gasteiger partial charge in [0.25, 0.3) is 0 Å². The van der Waals surface area contributed by atoms with Gasteiger partial charge in [-0.2, -0.15) is 0 Å². The van der Waals surface area contributed by atoms with Gasteiger partial charge in [-0.3, -0.25) is 14.4 Å². The largest absolute Gasteiger partial charge is 0.459 e. The third-order valence-corrected chi connectivity index (χ3v) is 12.5. The Morgan fingerprint density at radius 1 is 0.717 bits per heavy atom. The van der Waals surface area contributed by atoms with Gasteiger partial charge in [0.1, 0.15) is 23.9 Å². The summed E-state index contributed by atoms with van der Waals surface area (Å²) in [5.74, 6) is -4.41. The fourth-order valence-corrected chi connectivity index (χ4v) is 9.76. The molecule has 53 heavy (non-hydrogen) atoms. The van der Waals surface area contributed by atoms with Gasteiger partial charge in [-0.25, -0.2) is 9.59 Å². The highest BCUT2D eigenvalue weighted by Gasteiger charge is 2.77. The maximum absolute atomic E-state index is 14.2. The number of fused-ring (bicyclic) bond motifs is 3. The lowest BCUT2D eigenvalue weighted by Crippen LogP contribution is -2.74. The molecule has 0 spiro atoms. The summed E-state index contributed by atoms with van der Waals surface area (Å²) in [7, 11) is 0. The molecule has 4 aliphatic rings. The number of hydrogen-bond acceptors (Lipinski definition) is 12. The van der Waals surface area contributed by atoms with Gasteiger partial charge in [-0.15, -0.1) is 0 Å². The van der Waals surface area contributed by atoms with Crippen molar-refractivity contribution >= 4 is 29.8 Å². The van der Waals surface area contributed by atoms with E-state index in [-0.39, 0.29) is 30.6 Å². The Hall–Kier alpha value is -4.55. The van der Waals surface area contributed by atoms with E-state index < -0.39 is 94.2 Å². The van der Waals surface area contributed by atoms with Crippen LogP contribution in [0.3, 0.4) is 0 Å². The molecule has 2 bridgehead atoms. The summed E-state index contributed by atoms with van der Waals surface area (Å²) in [5.41, 5.74) is -3.76. The number of carbonyl (C=O) groups excluding carboxylic acids is 5. The summed E-state index contributed by atoms with van der Waals surface area (Å²) in [5, 5.41) is 13.0. The summed E-state index contributed by atoms with van der Waals surface area (Å²) in [6.07, 6.45) is -6.81. The van der Waals surface area contributed by atoms with Crippen LogP contribution in [-0.2, 0) is 42.8 Å². The van der Waals surface area contributed by atoms with Crippen molar-refractivity contribution in [1.82, 2.24) is 0 Å². The van der Waals surface area contributed by atoms with E-state index in [0.29, 0.717) is 11.1 Å². The Kier molecular flexibility index (Phi) is 9.87. The van der Waals surface area contributed by atoms with E-state index in [2.05, 4.69) is 0 Å². The number of hydrogen-bond donors (Lipinski definition) is 1. The van der Waals surface area contributed by atoms with Crippen molar-refractivity contribution in [2.45, 2.75) is 110 Å². The van der Waals surface area contributed by atoms with Crippen LogP contribution >= 0.6 is 0 Å². The van der Waals surface area contributed by atoms with Crippen molar-refractivity contribution in [3.63, 3.8) is 0 Å². The third-order valence-electron chi connectivity index (χ3n) is 12.5. The normalized spacial score (nSPS) is 35.5. The van der Waals surface area contributed by atoms with E-state index in [1.54, 1.807) is 74.5 Å². The monoisotopic (exact) mass is 732 g/mol. The van der Waals surface area contributed by atoms with Crippen LogP contribution in [0, 0.1) is 22.2 Å². The summed E-state index contributed by atoms with van der Waals surface area (Å²) in [6, 6.07) is 16.6. The van der Waals surface area contributed by atoms with Crippen molar-refractivity contribution < 1.29 is 57.5 Å². The molecule has 3 fully saturated rings. The van der Waals surface area contributed by atoms with Gasteiger partial charge < -0.3 is 33.5 Å². The molecular weight excluding hydrogens is 684 g/mol. The molecule has 1 heterocycles. The lowest BCUT2D eigenvalue weighted by molar-refractivity contribution is -0.261. The number of aliphatic hydroxyl groups is 1. The van der Waals surface area contributed by atoms with Crippen molar-refractivity contribution in [1.29, 1.82) is 0 Å². The predicted molar refractivity (Wildman–Crippen MR) is 188 cm³/mol. The highest BCUT2D eigenvalue weighted by Crippen LogP contribution is 2.68. The summed E-state index contributed by atoms with van der Waals surface area (Å²) in [6.45, 7) is 12.9. The van der Waals surface area contributed by atoms with Crippen LogP contribution in [-0.4, -0.2) is 83.8 Å². The average Bonchev–Trinajstić information content (AvgIpc) is 3.47. The van der Waals surface area contributed by atoms with Crippen LogP contribution in [0.4, 0.5) is 0 Å². The Balaban J connectivity index is 1.67. The zero-order valence-corrected chi connectivity index (χ0v) is 31.4. The molecule has 1 saturated heterocycles. The smallest absolute Gasteiger partial charge is 0.338 e. The Labute approximate surface area is 309 Å². The van der Waals surface area contributed by atoms with Gasteiger partial charge in [0.2, 0.25) is 0 Å². The van der Waals surface area contributed by atoms with Crippen molar-refractivity contribution in [2.24, 2.45) is 22.2 Å². The van der Waals surface area contributed by atoms with Gasteiger partial charge in [-0.05, 0) is 54.2 Å². The molecule has 0 aromatic heterocycles.